The average Bonchev–Trinajstić information content (AvgIpc) is 2.15. The molecule has 0 aliphatic heterocycles. The molecule has 0 aromatic heterocycles. The van der Waals surface area contributed by atoms with Crippen LogP contribution in [0.15, 0.2) is 0 Å². The van der Waals surface area contributed by atoms with E-state index in [-0.39, 0.29) is 192 Å². The number of nitrogens with two attached hydrogens (primary N) is 1. The van der Waals surface area contributed by atoms with Crippen LogP contribution in [0.5, 0.6) is 0 Å². The maximum absolute atomic E-state index is 10.1. The summed E-state index contributed by atoms with van der Waals surface area (Å²) in [4.78, 5) is 10.1. The van der Waals surface area contributed by atoms with Gasteiger partial charge in [-0.25, -0.2) is 0 Å². The van der Waals surface area contributed by atoms with E-state index in [1.54, 1.807) is 0 Å². The van der Waals surface area contributed by atoms with Crippen molar-refractivity contribution in [2.75, 3.05) is 45.8 Å². The van der Waals surface area contributed by atoms with Gasteiger partial charge >= 0.3 is 183 Å². The summed E-state index contributed by atoms with van der Waals surface area (Å²) in [5.41, 5.74) is 5.29. The van der Waals surface area contributed by atoms with Crippen LogP contribution in [-0.4, -0.2) is 56.9 Å². The van der Waals surface area contributed by atoms with Crippen molar-refractivity contribution in [2.24, 2.45) is 5.73 Å². The molecule has 6 N–H and O–H groups in total. The summed E-state index contributed by atoms with van der Waals surface area (Å²) in [6, 6.07) is 0. The normalized spacial score (nSPS) is 7.25. The summed E-state index contributed by atoms with van der Waals surface area (Å²) in [5.74, 6) is -0.824. The number of carboxylic acids is 1. The molecule has 12 heteroatoms. The van der Waals surface area contributed by atoms with E-state index in [2.05, 4.69) is 16.0 Å². The second-order valence-electron chi connectivity index (χ2n) is 2.86. The van der Waals surface area contributed by atoms with Gasteiger partial charge in [0, 0.05) is 39.3 Å². The van der Waals surface area contributed by atoms with Gasteiger partial charge < -0.3 is 35.4 Å². The second-order valence-corrected chi connectivity index (χ2v) is 2.86. The molecule has 0 spiro atoms. The third-order valence-electron chi connectivity index (χ3n) is 1.55. The molecule has 0 fully saturated rings. The predicted molar refractivity (Wildman–Crippen MR) is 62.0 cm³/mol. The SMILES string of the molecule is NCCNCCNCCNCC(=O)O.[H-].[H-].[H-].[H-].[H-].[H-].[Na+].[Na+].[Na+].[Na+].[Na+].[Na+]. The maximum Gasteiger partial charge on any atom is 1.00 e. The Morgan fingerprint density at radius 3 is 1.50 bits per heavy atom. The Kier molecular flexibility index (Phi) is 87.9. The van der Waals surface area contributed by atoms with Crippen molar-refractivity contribution in [2.45, 2.75) is 0 Å². The van der Waals surface area contributed by atoms with Crippen LogP contribution in [0.3, 0.4) is 0 Å². The minimum atomic E-state index is -0.824. The largest absolute Gasteiger partial charge is 1.00 e. The van der Waals surface area contributed by atoms with Gasteiger partial charge in [0.1, 0.15) is 0 Å². The van der Waals surface area contributed by atoms with Crippen molar-refractivity contribution < 1.29 is 196 Å². The van der Waals surface area contributed by atoms with Crippen molar-refractivity contribution >= 4 is 5.97 Å². The van der Waals surface area contributed by atoms with Gasteiger partial charge in [-0.05, 0) is 0 Å². The van der Waals surface area contributed by atoms with E-state index >= 15 is 0 Å². The predicted octanol–water partition coefficient (Wildman–Crippen LogP) is -19.5. The zero-order valence-corrected chi connectivity index (χ0v) is 26.4. The van der Waals surface area contributed by atoms with Gasteiger partial charge in [-0.2, -0.15) is 0 Å². The van der Waals surface area contributed by atoms with Crippen molar-refractivity contribution in [3.05, 3.63) is 0 Å². The van der Waals surface area contributed by atoms with Crippen molar-refractivity contribution in [3.8, 4) is 0 Å². The number of carbonyl (C=O) groups is 1. The van der Waals surface area contributed by atoms with Gasteiger partial charge in [-0.15, -0.1) is 0 Å². The van der Waals surface area contributed by atoms with Gasteiger partial charge in [-0.1, -0.05) is 0 Å². The molecule has 0 saturated heterocycles. The Bertz CT molecular complexity index is 181. The van der Waals surface area contributed by atoms with Crippen LogP contribution in [0.25, 0.3) is 0 Å². The van der Waals surface area contributed by atoms with E-state index in [9.17, 15) is 4.79 Å². The summed E-state index contributed by atoms with van der Waals surface area (Å²) in [7, 11) is 0. The van der Waals surface area contributed by atoms with Crippen LogP contribution in [0.4, 0.5) is 0 Å². The van der Waals surface area contributed by atoms with Gasteiger partial charge in [0.25, 0.3) is 0 Å². The molecule has 6 nitrogen and oxygen atoms in total. The summed E-state index contributed by atoms with van der Waals surface area (Å²) in [6.45, 7) is 4.71. The number of hydrogen-bond acceptors (Lipinski definition) is 5. The van der Waals surface area contributed by atoms with Crippen LogP contribution in [0.2, 0.25) is 0 Å². The summed E-state index contributed by atoms with van der Waals surface area (Å²) in [5, 5.41) is 17.4. The van der Waals surface area contributed by atoms with E-state index in [4.69, 9.17) is 10.8 Å². The fraction of sp³-hybridized carbons (Fsp3) is 0.875. The molecule has 0 amide bonds. The average molecular weight is 348 g/mol. The molecule has 0 aliphatic rings. The smallest absolute Gasteiger partial charge is 1.00 e. The molecule has 0 aliphatic carbocycles. The zero-order chi connectivity index (χ0) is 10.6. The molecule has 0 atom stereocenters. The number of aliphatic carboxylic acids is 1. The van der Waals surface area contributed by atoms with Crippen molar-refractivity contribution in [1.29, 1.82) is 0 Å². The molecule has 20 heavy (non-hydrogen) atoms. The Morgan fingerprint density at radius 1 is 0.800 bits per heavy atom. The molecule has 96 valence electrons. The quantitative estimate of drug-likeness (QED) is 0.199. The minimum Gasteiger partial charge on any atom is -1.00 e. The monoisotopic (exact) mass is 348 g/mol. The molecular weight excluding hydrogens is 322 g/mol. The van der Waals surface area contributed by atoms with E-state index in [0.29, 0.717) is 13.1 Å². The van der Waals surface area contributed by atoms with Crippen molar-refractivity contribution in [1.82, 2.24) is 16.0 Å². The van der Waals surface area contributed by atoms with E-state index in [1.165, 1.54) is 0 Å². The first-order valence-corrected chi connectivity index (χ1v) is 4.81. The minimum absolute atomic E-state index is 0. The first-order valence-electron chi connectivity index (χ1n) is 4.81. The van der Waals surface area contributed by atoms with E-state index in [0.717, 1.165) is 26.2 Å². The van der Waals surface area contributed by atoms with E-state index < -0.39 is 5.97 Å². The molecule has 0 bridgehead atoms. The third-order valence-corrected chi connectivity index (χ3v) is 1.55. The Morgan fingerprint density at radius 2 is 1.15 bits per heavy atom. The van der Waals surface area contributed by atoms with Crippen LogP contribution >= 0.6 is 0 Å². The molecule has 0 saturated carbocycles. The van der Waals surface area contributed by atoms with Gasteiger partial charge in [0.15, 0.2) is 0 Å². The summed E-state index contributed by atoms with van der Waals surface area (Å²) >= 11 is 0. The zero-order valence-electron chi connectivity index (χ0n) is 20.4. The molecule has 0 rings (SSSR count). The van der Waals surface area contributed by atoms with Gasteiger partial charge in [-0.3, -0.25) is 4.79 Å². The topological polar surface area (TPSA) is 99.4 Å². The van der Waals surface area contributed by atoms with Crippen LogP contribution in [0.1, 0.15) is 8.56 Å². The Hall–Kier alpha value is 5.31. The molecular formula is C8H26N4Na6O2. The van der Waals surface area contributed by atoms with E-state index in [1.807, 2.05) is 0 Å². The van der Waals surface area contributed by atoms with Gasteiger partial charge in [0.2, 0.25) is 0 Å². The standard InChI is InChI=1S/C8H20N4O2.6Na.6H/c9-1-2-10-3-4-11-5-6-12-7-8(13)14;;;;;;;;;;;;/h10-12H,1-7,9H2,(H,13,14);;;;;;;;;;;;/q;6*+1;6*-1. The number of hydrogen-bond donors (Lipinski definition) is 5. The van der Waals surface area contributed by atoms with Crippen LogP contribution in [-0.2, 0) is 4.79 Å². The van der Waals surface area contributed by atoms with Gasteiger partial charge in [0.05, 0.1) is 6.54 Å². The molecule has 0 radical (unpaired) electrons. The first kappa shape index (κ1) is 44.6. The fourth-order valence-corrected chi connectivity index (χ4v) is 0.901. The maximum atomic E-state index is 10.1. The molecule has 0 unspecified atom stereocenters. The first-order chi connectivity index (χ1) is 6.77. The second kappa shape index (κ2) is 39.4. The molecule has 0 aromatic carbocycles. The summed E-state index contributed by atoms with van der Waals surface area (Å²) in [6.07, 6.45) is 0. The van der Waals surface area contributed by atoms with Crippen LogP contribution in [0, 0.1) is 0 Å². The number of nitrogens with one attached hydrogen (secondary N) is 3. The van der Waals surface area contributed by atoms with Crippen LogP contribution < -0.4 is 199 Å². The van der Waals surface area contributed by atoms with Crippen molar-refractivity contribution in [3.63, 3.8) is 0 Å². The fourth-order valence-electron chi connectivity index (χ4n) is 0.901. The summed E-state index contributed by atoms with van der Waals surface area (Å²) < 4.78 is 0. The number of carboxylic acid groups (broad SMARTS) is 1. The molecule has 0 heterocycles. The third kappa shape index (κ3) is 43.6. The Labute approximate surface area is 264 Å². The Balaban J connectivity index is -0.0000000128. The molecule has 0 aromatic rings. The number of rotatable bonds is 10.